The highest BCUT2D eigenvalue weighted by Gasteiger charge is 2.39. The summed E-state index contributed by atoms with van der Waals surface area (Å²) in [6.45, 7) is -0.446. The number of hydrogen-bond acceptors (Lipinski definition) is 6. The molecule has 0 bridgehead atoms. The number of rotatable bonds is 7. The lowest BCUT2D eigenvalue weighted by atomic mass is 10.0. The fourth-order valence-corrected chi connectivity index (χ4v) is 3.82. The molecule has 37 heavy (non-hydrogen) atoms. The van der Waals surface area contributed by atoms with Crippen LogP contribution >= 0.6 is 11.6 Å². The molecule has 11 heteroatoms. The highest BCUT2D eigenvalue weighted by Crippen LogP contribution is 2.40. The Hall–Kier alpha value is -4.18. The molecule has 0 aliphatic heterocycles. The van der Waals surface area contributed by atoms with Crippen molar-refractivity contribution in [1.29, 1.82) is 0 Å². The maximum absolute atomic E-state index is 14.0. The summed E-state index contributed by atoms with van der Waals surface area (Å²) in [4.78, 5) is 25.4. The second kappa shape index (κ2) is 10.4. The van der Waals surface area contributed by atoms with Gasteiger partial charge in [-0.1, -0.05) is 23.7 Å². The van der Waals surface area contributed by atoms with E-state index in [1.165, 1.54) is 44.6 Å². The topological polar surface area (TPSA) is 87.0 Å². The molecule has 4 rings (SSSR count). The molecule has 0 aliphatic rings. The number of methoxy groups -OCH3 is 2. The van der Waals surface area contributed by atoms with E-state index in [4.69, 9.17) is 30.2 Å². The largest absolute Gasteiger partial charge is 0.493 e. The van der Waals surface area contributed by atoms with Crippen LogP contribution in [0.2, 0.25) is 5.02 Å². The molecule has 192 valence electrons. The fraction of sp³-hybridized carbons (Fsp3) is 0.154. The van der Waals surface area contributed by atoms with Crippen LogP contribution in [0.25, 0.3) is 22.1 Å². The standard InChI is InChI=1S/C26H19ClF3NO6/c1-34-19-9-6-14(10-21(19)35-2)23-24(33)18-8-7-17(12-20(18)37-25(23)26(28,29)30)36-13-22(32)31-16-5-3-4-15(27)11-16/h3-12H,13H2,1-2H3,(H,31,32). The molecule has 0 atom stereocenters. The van der Waals surface area contributed by atoms with E-state index in [0.717, 1.165) is 6.07 Å². The Morgan fingerprint density at radius 2 is 1.76 bits per heavy atom. The number of benzene rings is 3. The first-order valence-electron chi connectivity index (χ1n) is 10.7. The number of anilines is 1. The highest BCUT2D eigenvalue weighted by molar-refractivity contribution is 6.30. The van der Waals surface area contributed by atoms with Gasteiger partial charge in [-0.3, -0.25) is 9.59 Å². The maximum Gasteiger partial charge on any atom is 0.450 e. The predicted octanol–water partition coefficient (Wildman–Crippen LogP) is 6.17. The first-order chi connectivity index (χ1) is 17.6. The van der Waals surface area contributed by atoms with Gasteiger partial charge >= 0.3 is 6.18 Å². The molecular weight excluding hydrogens is 515 g/mol. The van der Waals surface area contributed by atoms with Crippen molar-refractivity contribution in [2.24, 2.45) is 0 Å². The smallest absolute Gasteiger partial charge is 0.450 e. The molecule has 1 aromatic heterocycles. The Kier molecular flexibility index (Phi) is 7.30. The zero-order chi connectivity index (χ0) is 26.7. The fourth-order valence-electron chi connectivity index (χ4n) is 3.63. The van der Waals surface area contributed by atoms with Gasteiger partial charge in [-0.05, 0) is 48.0 Å². The van der Waals surface area contributed by atoms with Crippen molar-refractivity contribution in [3.63, 3.8) is 0 Å². The van der Waals surface area contributed by atoms with Crippen LogP contribution in [0, 0.1) is 0 Å². The van der Waals surface area contributed by atoms with Gasteiger partial charge in [0.2, 0.25) is 11.2 Å². The van der Waals surface area contributed by atoms with Gasteiger partial charge in [-0.15, -0.1) is 0 Å². The monoisotopic (exact) mass is 533 g/mol. The number of carbonyl (C=O) groups is 1. The Labute approximate surface area is 213 Å². The second-order valence-corrected chi connectivity index (χ2v) is 8.14. The minimum Gasteiger partial charge on any atom is -0.493 e. The van der Waals surface area contributed by atoms with Crippen molar-refractivity contribution >= 4 is 34.2 Å². The summed E-state index contributed by atoms with van der Waals surface area (Å²) in [5, 5.41) is 2.91. The van der Waals surface area contributed by atoms with Crippen LogP contribution in [-0.2, 0) is 11.0 Å². The Bertz CT molecular complexity index is 1530. The number of alkyl halides is 3. The van der Waals surface area contributed by atoms with E-state index in [1.54, 1.807) is 24.3 Å². The number of ether oxygens (including phenoxy) is 3. The van der Waals surface area contributed by atoms with Crippen LogP contribution in [0.3, 0.4) is 0 Å². The lowest BCUT2D eigenvalue weighted by molar-refractivity contribution is -0.152. The second-order valence-electron chi connectivity index (χ2n) is 7.71. The molecule has 1 amide bonds. The molecule has 1 N–H and O–H groups in total. The number of hydrogen-bond donors (Lipinski definition) is 1. The van der Waals surface area contributed by atoms with Gasteiger partial charge in [0, 0.05) is 16.8 Å². The van der Waals surface area contributed by atoms with E-state index in [-0.39, 0.29) is 33.8 Å². The summed E-state index contributed by atoms with van der Waals surface area (Å²) >= 11 is 5.88. The van der Waals surface area contributed by atoms with Crippen molar-refractivity contribution in [1.82, 2.24) is 0 Å². The van der Waals surface area contributed by atoms with Gasteiger partial charge in [0.1, 0.15) is 11.3 Å². The molecule has 0 fully saturated rings. The van der Waals surface area contributed by atoms with E-state index in [2.05, 4.69) is 5.32 Å². The first-order valence-corrected chi connectivity index (χ1v) is 11.1. The lowest BCUT2D eigenvalue weighted by Gasteiger charge is -2.15. The molecule has 0 saturated carbocycles. The molecule has 1 heterocycles. The lowest BCUT2D eigenvalue weighted by Crippen LogP contribution is -2.20. The van der Waals surface area contributed by atoms with E-state index in [0.29, 0.717) is 10.7 Å². The average Bonchev–Trinajstić information content (AvgIpc) is 2.86. The SMILES string of the molecule is COc1ccc(-c2c(C(F)(F)F)oc3cc(OCC(=O)Nc4cccc(Cl)c4)ccc3c2=O)cc1OC. The normalized spacial score (nSPS) is 11.3. The zero-order valence-electron chi connectivity index (χ0n) is 19.4. The van der Waals surface area contributed by atoms with E-state index < -0.39 is 35.4 Å². The number of nitrogens with one attached hydrogen (secondary N) is 1. The minimum atomic E-state index is -4.98. The molecule has 7 nitrogen and oxygen atoms in total. The van der Waals surface area contributed by atoms with Crippen molar-refractivity contribution < 1.29 is 36.6 Å². The van der Waals surface area contributed by atoms with Gasteiger partial charge in [-0.25, -0.2) is 0 Å². The molecule has 0 aliphatic carbocycles. The van der Waals surface area contributed by atoms with Gasteiger partial charge in [0.05, 0.1) is 25.2 Å². The highest BCUT2D eigenvalue weighted by atomic mass is 35.5. The van der Waals surface area contributed by atoms with Crippen LogP contribution < -0.4 is 25.0 Å². The molecule has 3 aromatic carbocycles. The van der Waals surface area contributed by atoms with Crippen LogP contribution in [0.15, 0.2) is 69.9 Å². The third kappa shape index (κ3) is 5.64. The third-order valence-corrected chi connectivity index (χ3v) is 5.51. The van der Waals surface area contributed by atoms with Crippen LogP contribution in [0.1, 0.15) is 5.76 Å². The third-order valence-electron chi connectivity index (χ3n) is 5.27. The number of amides is 1. The summed E-state index contributed by atoms with van der Waals surface area (Å²) in [5.74, 6) is -1.54. The first kappa shape index (κ1) is 25.9. The van der Waals surface area contributed by atoms with Crippen LogP contribution in [0.5, 0.6) is 17.2 Å². The van der Waals surface area contributed by atoms with E-state index in [1.807, 2.05) is 0 Å². The Morgan fingerprint density at radius 1 is 1.00 bits per heavy atom. The predicted molar refractivity (Wildman–Crippen MR) is 132 cm³/mol. The summed E-state index contributed by atoms with van der Waals surface area (Å²) < 4.78 is 62.8. The van der Waals surface area contributed by atoms with Gasteiger partial charge < -0.3 is 23.9 Å². The number of carbonyl (C=O) groups excluding carboxylic acids is 1. The van der Waals surface area contributed by atoms with Crippen molar-refractivity contribution in [3.05, 3.63) is 81.7 Å². The molecule has 0 spiro atoms. The summed E-state index contributed by atoms with van der Waals surface area (Å²) in [5.41, 5.74) is -1.53. The van der Waals surface area contributed by atoms with E-state index >= 15 is 0 Å². The Balaban J connectivity index is 1.68. The molecule has 0 radical (unpaired) electrons. The molecule has 0 saturated heterocycles. The van der Waals surface area contributed by atoms with Gasteiger partial charge in [-0.2, -0.15) is 13.2 Å². The zero-order valence-corrected chi connectivity index (χ0v) is 20.2. The van der Waals surface area contributed by atoms with Gasteiger partial charge in [0.15, 0.2) is 18.1 Å². The summed E-state index contributed by atoms with van der Waals surface area (Å²) in [6.07, 6.45) is -4.98. The van der Waals surface area contributed by atoms with Crippen LogP contribution in [0.4, 0.5) is 18.9 Å². The van der Waals surface area contributed by atoms with Crippen molar-refractivity contribution in [3.8, 4) is 28.4 Å². The molecule has 0 unspecified atom stereocenters. The number of fused-ring (bicyclic) bond motifs is 1. The quantitative estimate of drug-likeness (QED) is 0.306. The Morgan fingerprint density at radius 3 is 2.43 bits per heavy atom. The minimum absolute atomic E-state index is 0.0314. The van der Waals surface area contributed by atoms with Gasteiger partial charge in [0.25, 0.3) is 5.91 Å². The summed E-state index contributed by atoms with van der Waals surface area (Å²) in [6, 6.07) is 14.2. The van der Waals surface area contributed by atoms with Crippen molar-refractivity contribution in [2.45, 2.75) is 6.18 Å². The molecule has 4 aromatic rings. The maximum atomic E-state index is 14.0. The van der Waals surface area contributed by atoms with Crippen molar-refractivity contribution in [2.75, 3.05) is 26.1 Å². The number of halogens is 4. The molecular formula is C26H19ClF3NO6. The van der Waals surface area contributed by atoms with E-state index in [9.17, 15) is 22.8 Å². The van der Waals surface area contributed by atoms with Crippen LogP contribution in [-0.4, -0.2) is 26.7 Å². The average molecular weight is 534 g/mol. The summed E-state index contributed by atoms with van der Waals surface area (Å²) in [7, 11) is 2.70.